The first-order valence-corrected chi connectivity index (χ1v) is 5.41. The predicted octanol–water partition coefficient (Wildman–Crippen LogP) is 3.33. The van der Waals surface area contributed by atoms with Gasteiger partial charge >= 0.3 is 0 Å². The zero-order valence-corrected chi connectivity index (χ0v) is 8.32. The van der Waals surface area contributed by atoms with Crippen LogP contribution in [0.1, 0.15) is 51.4 Å². The molecule has 0 unspecified atom stereocenters. The second-order valence-electron chi connectivity index (χ2n) is 4.89. The van der Waals surface area contributed by atoms with Gasteiger partial charge in [0, 0.05) is 25.7 Å². The number of hydrogen-bond acceptors (Lipinski definition) is 1. The van der Waals surface area contributed by atoms with Crippen LogP contribution in [0.4, 0.5) is 8.78 Å². The third kappa shape index (κ3) is 1.96. The molecule has 2 rings (SSSR count). The number of hydrogen-bond donors (Lipinski definition) is 0. The lowest BCUT2D eigenvalue weighted by molar-refractivity contribution is -0.125. The van der Waals surface area contributed by atoms with Gasteiger partial charge in [0.05, 0.1) is 0 Å². The van der Waals surface area contributed by atoms with Gasteiger partial charge < -0.3 is 0 Å². The fourth-order valence-corrected chi connectivity index (χ4v) is 2.71. The number of alkyl halides is 2. The van der Waals surface area contributed by atoms with Gasteiger partial charge in [-0.15, -0.1) is 0 Å². The van der Waals surface area contributed by atoms with Gasteiger partial charge in [-0.05, 0) is 31.1 Å². The smallest absolute Gasteiger partial charge is 0.248 e. The maximum Gasteiger partial charge on any atom is 0.248 e. The Morgan fingerprint density at radius 1 is 0.857 bits per heavy atom. The summed E-state index contributed by atoms with van der Waals surface area (Å²) in [5, 5.41) is 0. The van der Waals surface area contributed by atoms with Crippen molar-refractivity contribution in [3.05, 3.63) is 0 Å². The van der Waals surface area contributed by atoms with E-state index in [1.165, 1.54) is 0 Å². The maximum absolute atomic E-state index is 13.0. The third-order valence-corrected chi connectivity index (χ3v) is 3.91. The van der Waals surface area contributed by atoms with Crippen molar-refractivity contribution in [1.29, 1.82) is 0 Å². The van der Waals surface area contributed by atoms with Crippen molar-refractivity contribution in [2.45, 2.75) is 57.3 Å². The van der Waals surface area contributed by atoms with E-state index in [4.69, 9.17) is 0 Å². The molecule has 0 radical (unpaired) electrons. The molecule has 2 saturated carbocycles. The lowest BCUT2D eigenvalue weighted by Gasteiger charge is -2.42. The number of Topliss-reactive ketones (excluding diaryl/α,β-unsaturated/α-hetero) is 1. The van der Waals surface area contributed by atoms with Gasteiger partial charge in [-0.3, -0.25) is 4.79 Å². The third-order valence-electron chi connectivity index (χ3n) is 3.91. The molecule has 1 spiro atoms. The van der Waals surface area contributed by atoms with E-state index in [0.717, 1.165) is 12.8 Å². The number of ketones is 1. The molecule has 0 saturated heterocycles. The molecule has 0 atom stereocenters. The van der Waals surface area contributed by atoms with E-state index in [0.29, 0.717) is 31.5 Å². The summed E-state index contributed by atoms with van der Waals surface area (Å²) in [7, 11) is 0. The van der Waals surface area contributed by atoms with Gasteiger partial charge in [0.25, 0.3) is 0 Å². The van der Waals surface area contributed by atoms with E-state index in [2.05, 4.69) is 0 Å². The van der Waals surface area contributed by atoms with Crippen molar-refractivity contribution in [1.82, 2.24) is 0 Å². The molecule has 3 heteroatoms. The summed E-state index contributed by atoms with van der Waals surface area (Å²) in [5.74, 6) is -2.12. The minimum atomic E-state index is -2.44. The van der Waals surface area contributed by atoms with Crippen molar-refractivity contribution in [3.8, 4) is 0 Å². The Labute approximate surface area is 82.9 Å². The molecule has 0 N–H and O–H groups in total. The normalized spacial score (nSPS) is 30.6. The summed E-state index contributed by atoms with van der Waals surface area (Å²) in [4.78, 5) is 11.1. The summed E-state index contributed by atoms with van der Waals surface area (Å²) >= 11 is 0. The Morgan fingerprint density at radius 3 is 1.86 bits per heavy atom. The second kappa shape index (κ2) is 3.28. The van der Waals surface area contributed by atoms with E-state index in [1.807, 2.05) is 0 Å². The van der Waals surface area contributed by atoms with Crippen LogP contribution in [0.25, 0.3) is 0 Å². The van der Waals surface area contributed by atoms with Crippen molar-refractivity contribution < 1.29 is 13.6 Å². The molecule has 0 bridgehead atoms. The van der Waals surface area contributed by atoms with Crippen molar-refractivity contribution >= 4 is 5.78 Å². The largest absolute Gasteiger partial charge is 0.300 e. The molecular formula is C11H16F2O. The minimum Gasteiger partial charge on any atom is -0.300 e. The molecule has 2 fully saturated rings. The van der Waals surface area contributed by atoms with Crippen LogP contribution in [0.5, 0.6) is 0 Å². The molecule has 1 nitrogen and oxygen atoms in total. The molecule has 0 amide bonds. The highest BCUT2D eigenvalue weighted by Crippen LogP contribution is 2.50. The first-order valence-electron chi connectivity index (χ1n) is 5.41. The van der Waals surface area contributed by atoms with E-state index in [-0.39, 0.29) is 18.3 Å². The average molecular weight is 202 g/mol. The van der Waals surface area contributed by atoms with Gasteiger partial charge in [0.2, 0.25) is 5.92 Å². The Balaban J connectivity index is 1.96. The Hall–Kier alpha value is -0.470. The van der Waals surface area contributed by atoms with Gasteiger partial charge in [-0.1, -0.05) is 0 Å². The molecule has 2 aliphatic rings. The zero-order chi connectivity index (χ0) is 10.2. The number of carbonyl (C=O) groups is 1. The lowest BCUT2D eigenvalue weighted by Crippen LogP contribution is -2.36. The van der Waals surface area contributed by atoms with Crippen molar-refractivity contribution in [2.24, 2.45) is 5.41 Å². The SMILES string of the molecule is O=C1CCC2(CC1)CCC(F)(F)CC2. The topological polar surface area (TPSA) is 17.1 Å². The summed E-state index contributed by atoms with van der Waals surface area (Å²) in [5.41, 5.74) is 0.0928. The van der Waals surface area contributed by atoms with Gasteiger partial charge in [0.15, 0.2) is 0 Å². The maximum atomic E-state index is 13.0. The van der Waals surface area contributed by atoms with Crippen LogP contribution in [0, 0.1) is 5.41 Å². The molecule has 0 heterocycles. The molecule has 0 aromatic rings. The highest BCUT2D eigenvalue weighted by molar-refractivity contribution is 5.79. The second-order valence-corrected chi connectivity index (χ2v) is 4.89. The first-order chi connectivity index (χ1) is 6.52. The van der Waals surface area contributed by atoms with Crippen LogP contribution >= 0.6 is 0 Å². The summed E-state index contributed by atoms with van der Waals surface area (Å²) < 4.78 is 25.9. The van der Waals surface area contributed by atoms with Crippen molar-refractivity contribution in [2.75, 3.05) is 0 Å². The Bertz CT molecular complexity index is 226. The molecule has 80 valence electrons. The van der Waals surface area contributed by atoms with Crippen LogP contribution in [0.2, 0.25) is 0 Å². The monoisotopic (exact) mass is 202 g/mol. The van der Waals surface area contributed by atoms with E-state index >= 15 is 0 Å². The highest BCUT2D eigenvalue weighted by Gasteiger charge is 2.44. The number of halogens is 2. The Morgan fingerprint density at radius 2 is 1.36 bits per heavy atom. The molecule has 0 aromatic heterocycles. The van der Waals surface area contributed by atoms with Crippen LogP contribution in [-0.2, 0) is 4.79 Å². The van der Waals surface area contributed by atoms with Crippen LogP contribution in [0.3, 0.4) is 0 Å². The van der Waals surface area contributed by atoms with Gasteiger partial charge in [-0.2, -0.15) is 0 Å². The number of carbonyl (C=O) groups excluding carboxylic acids is 1. The zero-order valence-electron chi connectivity index (χ0n) is 8.32. The standard InChI is InChI=1S/C11H16F2O/c12-11(13)7-5-10(6-8-11)3-1-9(14)2-4-10/h1-8H2. The first kappa shape index (κ1) is 10.1. The van der Waals surface area contributed by atoms with E-state index in [9.17, 15) is 13.6 Å². The molecule has 2 aliphatic carbocycles. The molecule has 0 aliphatic heterocycles. The molecular weight excluding hydrogens is 186 g/mol. The van der Waals surface area contributed by atoms with Crippen LogP contribution < -0.4 is 0 Å². The summed E-state index contributed by atoms with van der Waals surface area (Å²) in [6, 6.07) is 0. The highest BCUT2D eigenvalue weighted by atomic mass is 19.3. The van der Waals surface area contributed by atoms with Gasteiger partial charge in [0.1, 0.15) is 5.78 Å². The van der Waals surface area contributed by atoms with Crippen molar-refractivity contribution in [3.63, 3.8) is 0 Å². The molecule has 14 heavy (non-hydrogen) atoms. The fraction of sp³-hybridized carbons (Fsp3) is 0.909. The van der Waals surface area contributed by atoms with Gasteiger partial charge in [-0.25, -0.2) is 8.78 Å². The van der Waals surface area contributed by atoms with Crippen LogP contribution in [-0.4, -0.2) is 11.7 Å². The van der Waals surface area contributed by atoms with E-state index in [1.54, 1.807) is 0 Å². The van der Waals surface area contributed by atoms with E-state index < -0.39 is 5.92 Å². The predicted molar refractivity (Wildman–Crippen MR) is 49.3 cm³/mol. The van der Waals surface area contributed by atoms with Crippen LogP contribution in [0.15, 0.2) is 0 Å². The fourth-order valence-electron chi connectivity index (χ4n) is 2.71. The quantitative estimate of drug-likeness (QED) is 0.589. The molecule has 0 aromatic carbocycles. The number of rotatable bonds is 0. The minimum absolute atomic E-state index is 0.0290. The Kier molecular flexibility index (Phi) is 2.36. The average Bonchev–Trinajstić information content (AvgIpc) is 2.16. The summed E-state index contributed by atoms with van der Waals surface area (Å²) in [6.45, 7) is 0. The lowest BCUT2D eigenvalue weighted by atomic mass is 9.64. The summed E-state index contributed by atoms with van der Waals surface area (Å²) in [6.07, 6.45) is 4.23.